The Balaban J connectivity index is 1.65. The lowest BCUT2D eigenvalue weighted by atomic mass is 10.1. The quantitative estimate of drug-likeness (QED) is 0.473. The number of halogens is 1. The number of hydrogen-bond donors (Lipinski definition) is 1. The first kappa shape index (κ1) is 18.6. The molecule has 0 aliphatic carbocycles. The second-order valence-electron chi connectivity index (χ2n) is 7.19. The van der Waals surface area contributed by atoms with Crippen LogP contribution in [0.4, 0.5) is 0 Å². The number of pyridine rings is 1. The Bertz CT molecular complexity index is 853. The average Bonchev–Trinajstić information content (AvgIpc) is 3.06. The molecule has 1 saturated heterocycles. The van der Waals surface area contributed by atoms with Crippen molar-refractivity contribution in [2.45, 2.75) is 30.9 Å². The maximum absolute atomic E-state index is 13.8. The maximum atomic E-state index is 13.8. The monoisotopic (exact) mass is 404 g/mol. The zero-order valence-electron chi connectivity index (χ0n) is 15.1. The van der Waals surface area contributed by atoms with Crippen LogP contribution in [0.25, 0.3) is 0 Å². The van der Waals surface area contributed by atoms with Crippen molar-refractivity contribution in [3.05, 3.63) is 45.1 Å². The molecule has 1 aromatic heterocycles. The van der Waals surface area contributed by atoms with E-state index in [0.29, 0.717) is 18.7 Å². The molecule has 27 heavy (non-hydrogen) atoms. The first-order valence-electron chi connectivity index (χ1n) is 8.96. The lowest BCUT2D eigenvalue weighted by Crippen LogP contribution is -2.48. The van der Waals surface area contributed by atoms with Gasteiger partial charge in [-0.15, -0.1) is 11.8 Å². The first-order valence-corrected chi connectivity index (χ1v) is 10.6. The average molecular weight is 405 g/mol. The number of aliphatic imine (C=N–C) groups is 1. The number of hydrogen-bond acceptors (Lipinski definition) is 7. The summed E-state index contributed by atoms with van der Waals surface area (Å²) in [6, 6.07) is 5.55. The van der Waals surface area contributed by atoms with Crippen molar-refractivity contribution in [1.29, 1.82) is 5.26 Å². The molecule has 4 heterocycles. The Morgan fingerprint density at radius 2 is 2.37 bits per heavy atom. The molecule has 1 fully saturated rings. The summed E-state index contributed by atoms with van der Waals surface area (Å²) in [5, 5.41) is 26.5. The van der Waals surface area contributed by atoms with Gasteiger partial charge in [0.15, 0.2) is 5.50 Å². The van der Waals surface area contributed by atoms with E-state index in [4.69, 9.17) is 16.9 Å². The van der Waals surface area contributed by atoms with Crippen LogP contribution in [0.5, 0.6) is 0 Å². The van der Waals surface area contributed by atoms with E-state index >= 15 is 0 Å². The highest BCUT2D eigenvalue weighted by atomic mass is 35.5. The summed E-state index contributed by atoms with van der Waals surface area (Å²) in [5.41, 5.74) is 1.89. The summed E-state index contributed by atoms with van der Waals surface area (Å²) >= 11 is 7.89. The predicted molar refractivity (Wildman–Crippen MR) is 107 cm³/mol. The summed E-state index contributed by atoms with van der Waals surface area (Å²) < 4.78 is -0.398. The molecule has 7 nitrogen and oxygen atoms in total. The van der Waals surface area contributed by atoms with Gasteiger partial charge in [0.05, 0.1) is 18.2 Å². The molecule has 3 atom stereocenters. The molecule has 1 N–H and O–H groups in total. The van der Waals surface area contributed by atoms with Crippen molar-refractivity contribution >= 4 is 29.6 Å². The van der Waals surface area contributed by atoms with E-state index in [1.54, 1.807) is 23.9 Å². The van der Waals surface area contributed by atoms with E-state index in [1.165, 1.54) is 0 Å². The molecule has 1 aromatic rings. The lowest BCUT2D eigenvalue weighted by molar-refractivity contribution is -0.890. The molecule has 2 unspecified atom stereocenters. The van der Waals surface area contributed by atoms with Gasteiger partial charge in [0.1, 0.15) is 35.8 Å². The minimum atomic E-state index is -0.398. The van der Waals surface area contributed by atoms with Crippen molar-refractivity contribution in [2.75, 3.05) is 25.9 Å². The van der Waals surface area contributed by atoms with Crippen LogP contribution < -0.4 is 5.32 Å². The highest BCUT2D eigenvalue weighted by Crippen LogP contribution is 2.33. The minimum absolute atomic E-state index is 0.00572. The van der Waals surface area contributed by atoms with Gasteiger partial charge in [-0.25, -0.2) is 4.98 Å². The van der Waals surface area contributed by atoms with Crippen molar-refractivity contribution in [2.24, 2.45) is 4.99 Å². The van der Waals surface area contributed by atoms with Crippen LogP contribution in [0.1, 0.15) is 24.1 Å². The lowest BCUT2D eigenvalue weighted by Gasteiger charge is -2.43. The van der Waals surface area contributed by atoms with Crippen LogP contribution in [0.15, 0.2) is 28.5 Å². The number of hydroxylamine groups is 3. The molecule has 0 radical (unpaired) electrons. The smallest absolute Gasteiger partial charge is 0.167 e. The van der Waals surface area contributed by atoms with E-state index in [9.17, 15) is 5.21 Å². The van der Waals surface area contributed by atoms with Gasteiger partial charge < -0.3 is 20.1 Å². The third-order valence-electron chi connectivity index (χ3n) is 5.32. The molecule has 9 heteroatoms. The number of nitrogens with one attached hydrogen (secondary N) is 1. The highest BCUT2D eigenvalue weighted by Gasteiger charge is 2.39. The molecule has 0 bridgehead atoms. The molecule has 3 aliphatic heterocycles. The molecule has 0 spiro atoms. The van der Waals surface area contributed by atoms with Gasteiger partial charge in [-0.1, -0.05) is 11.6 Å². The van der Waals surface area contributed by atoms with Crippen LogP contribution in [0, 0.1) is 16.5 Å². The van der Waals surface area contributed by atoms with E-state index in [-0.39, 0.29) is 28.9 Å². The molecule has 3 aliphatic rings. The van der Waals surface area contributed by atoms with Crippen LogP contribution in [0.3, 0.4) is 0 Å². The second-order valence-corrected chi connectivity index (χ2v) is 8.46. The maximum Gasteiger partial charge on any atom is 0.167 e. The highest BCUT2D eigenvalue weighted by molar-refractivity contribution is 7.99. The molecular formula is C18H21ClN6OS. The van der Waals surface area contributed by atoms with Gasteiger partial charge in [0.2, 0.25) is 0 Å². The SMILES string of the molecule is CS[C@H]1N=CC2=C(N1)N1CCCC1C[N+]([O-])(Cc1ccc(C#N)nc1Cl)C2. The van der Waals surface area contributed by atoms with Gasteiger partial charge in [-0.2, -0.15) is 5.26 Å². The van der Waals surface area contributed by atoms with E-state index in [1.807, 2.05) is 18.5 Å². The van der Waals surface area contributed by atoms with Crippen molar-refractivity contribution in [3.63, 3.8) is 0 Å². The van der Waals surface area contributed by atoms with E-state index < -0.39 is 4.65 Å². The van der Waals surface area contributed by atoms with Gasteiger partial charge in [0.25, 0.3) is 0 Å². The molecule has 0 aromatic carbocycles. The fourth-order valence-corrected chi connectivity index (χ4v) is 4.75. The van der Waals surface area contributed by atoms with Crippen LogP contribution >= 0.6 is 23.4 Å². The Labute approximate surface area is 167 Å². The summed E-state index contributed by atoms with van der Waals surface area (Å²) in [5.74, 6) is 1.06. The Hall–Kier alpha value is -1.79. The number of quaternary nitrogens is 1. The van der Waals surface area contributed by atoms with Crippen LogP contribution in [0.2, 0.25) is 5.15 Å². The van der Waals surface area contributed by atoms with Gasteiger partial charge >= 0.3 is 0 Å². The summed E-state index contributed by atoms with van der Waals surface area (Å²) in [6.45, 7) is 2.04. The topological polar surface area (TPSA) is 87.4 Å². The molecule has 142 valence electrons. The third kappa shape index (κ3) is 3.65. The van der Waals surface area contributed by atoms with Crippen LogP contribution in [-0.4, -0.2) is 58.2 Å². The fraction of sp³-hybridized carbons (Fsp3) is 0.500. The van der Waals surface area contributed by atoms with Crippen molar-refractivity contribution < 1.29 is 4.65 Å². The second kappa shape index (κ2) is 7.32. The predicted octanol–water partition coefficient (Wildman–Crippen LogP) is 2.43. The number of aromatic nitrogens is 1. The van der Waals surface area contributed by atoms with E-state index in [2.05, 4.69) is 20.2 Å². The fourth-order valence-electron chi connectivity index (χ4n) is 4.12. The Morgan fingerprint density at radius 3 is 3.11 bits per heavy atom. The normalized spacial score (nSPS) is 29.6. The van der Waals surface area contributed by atoms with E-state index in [0.717, 1.165) is 30.8 Å². The Morgan fingerprint density at radius 1 is 1.52 bits per heavy atom. The zero-order valence-corrected chi connectivity index (χ0v) is 16.6. The van der Waals surface area contributed by atoms with Gasteiger partial charge in [-0.05, 0) is 31.2 Å². The largest absolute Gasteiger partial charge is 0.632 e. The van der Waals surface area contributed by atoms with Crippen LogP contribution in [-0.2, 0) is 6.54 Å². The summed E-state index contributed by atoms with van der Waals surface area (Å²) in [4.78, 5) is 10.9. The number of fused-ring (bicyclic) bond motifs is 2. The minimum Gasteiger partial charge on any atom is -0.632 e. The number of nitriles is 1. The summed E-state index contributed by atoms with van der Waals surface area (Å²) in [6.07, 6.45) is 5.98. The molecular weight excluding hydrogens is 384 g/mol. The number of thioether (sulfide) groups is 1. The molecule has 0 saturated carbocycles. The van der Waals surface area contributed by atoms with Gasteiger partial charge in [-0.3, -0.25) is 4.99 Å². The number of rotatable bonds is 3. The standard InChI is InChI=1S/C18H21ClN6OS/c1-27-18-21-8-13-10-25(26,9-12-4-5-14(7-20)22-16(12)19)11-15-3-2-6-24(15)17(13)23-18/h4-5,8,15,18,23H,2-3,6,9-11H2,1H3/t15?,18-,25?/m0/s1. The first-order chi connectivity index (χ1) is 13.0. The zero-order chi connectivity index (χ0) is 19.0. The molecule has 0 amide bonds. The Kier molecular flexibility index (Phi) is 5.03. The van der Waals surface area contributed by atoms with Gasteiger partial charge in [0, 0.05) is 18.3 Å². The van der Waals surface area contributed by atoms with Crippen molar-refractivity contribution in [1.82, 2.24) is 15.2 Å². The number of nitrogens with zero attached hydrogens (tertiary/aromatic N) is 5. The summed E-state index contributed by atoms with van der Waals surface area (Å²) in [7, 11) is 0. The van der Waals surface area contributed by atoms with Crippen molar-refractivity contribution in [3.8, 4) is 6.07 Å². The third-order valence-corrected chi connectivity index (χ3v) is 6.33. The molecule has 4 rings (SSSR count).